The van der Waals surface area contributed by atoms with Crippen molar-refractivity contribution in [3.05, 3.63) is 29.8 Å². The topological polar surface area (TPSA) is 47.6 Å². The second-order valence-corrected chi connectivity index (χ2v) is 7.25. The van der Waals surface area contributed by atoms with Crippen LogP contribution >= 0.6 is 0 Å². The second-order valence-electron chi connectivity index (χ2n) is 7.25. The number of hydrogen-bond donors (Lipinski definition) is 1. The highest BCUT2D eigenvalue weighted by Crippen LogP contribution is 2.36. The third-order valence-electron chi connectivity index (χ3n) is 4.32. The van der Waals surface area contributed by atoms with Gasteiger partial charge < -0.3 is 14.8 Å². The smallest absolute Gasteiger partial charge is 0.310 e. The molecule has 1 atom stereocenters. The van der Waals surface area contributed by atoms with Gasteiger partial charge in [-0.3, -0.25) is 4.79 Å². The molecule has 1 fully saturated rings. The Morgan fingerprint density at radius 2 is 1.86 bits per heavy atom. The summed E-state index contributed by atoms with van der Waals surface area (Å²) in [6.45, 7) is 8.80. The fourth-order valence-corrected chi connectivity index (χ4v) is 3.32. The van der Waals surface area contributed by atoms with Gasteiger partial charge in [0.2, 0.25) is 0 Å². The van der Waals surface area contributed by atoms with Crippen LogP contribution in [0, 0.1) is 5.92 Å². The zero-order valence-corrected chi connectivity index (χ0v) is 14.2. The monoisotopic (exact) mass is 305 g/mol. The molecule has 4 nitrogen and oxygen atoms in total. The number of hydrogen-bond acceptors (Lipinski definition) is 4. The van der Waals surface area contributed by atoms with Crippen LogP contribution in [0.15, 0.2) is 24.3 Å². The minimum absolute atomic E-state index is 0.0246. The van der Waals surface area contributed by atoms with Gasteiger partial charge in [-0.1, -0.05) is 12.1 Å². The van der Waals surface area contributed by atoms with Crippen molar-refractivity contribution >= 4 is 5.97 Å². The average Bonchev–Trinajstić information content (AvgIpc) is 2.67. The molecule has 122 valence electrons. The van der Waals surface area contributed by atoms with Gasteiger partial charge in [0, 0.05) is 17.5 Å². The van der Waals surface area contributed by atoms with Crippen molar-refractivity contribution in [1.82, 2.24) is 5.32 Å². The van der Waals surface area contributed by atoms with E-state index in [0.717, 1.165) is 24.2 Å². The van der Waals surface area contributed by atoms with Crippen LogP contribution < -0.4 is 10.1 Å². The van der Waals surface area contributed by atoms with E-state index in [-0.39, 0.29) is 23.0 Å². The zero-order valence-electron chi connectivity index (χ0n) is 14.2. The maximum atomic E-state index is 12.4. The van der Waals surface area contributed by atoms with Crippen LogP contribution in [0.2, 0.25) is 0 Å². The van der Waals surface area contributed by atoms with Crippen molar-refractivity contribution < 1.29 is 14.3 Å². The van der Waals surface area contributed by atoms with E-state index in [4.69, 9.17) is 9.47 Å². The molecule has 4 heteroatoms. The van der Waals surface area contributed by atoms with Gasteiger partial charge in [0.25, 0.3) is 0 Å². The summed E-state index contributed by atoms with van der Waals surface area (Å²) in [5.74, 6) is 0.636. The van der Waals surface area contributed by atoms with Gasteiger partial charge in [0.15, 0.2) is 0 Å². The number of carbonyl (C=O) groups is 1. The highest BCUT2D eigenvalue weighted by molar-refractivity contribution is 5.74. The molecular weight excluding hydrogens is 278 g/mol. The Morgan fingerprint density at radius 1 is 1.23 bits per heavy atom. The van der Waals surface area contributed by atoms with Gasteiger partial charge >= 0.3 is 5.97 Å². The molecule has 1 aliphatic heterocycles. The Labute approximate surface area is 133 Å². The van der Waals surface area contributed by atoms with E-state index in [1.54, 1.807) is 7.11 Å². The van der Waals surface area contributed by atoms with Gasteiger partial charge in [0.05, 0.1) is 19.6 Å². The lowest BCUT2D eigenvalue weighted by atomic mass is 9.87. The van der Waals surface area contributed by atoms with Gasteiger partial charge in [-0.05, 0) is 51.8 Å². The lowest BCUT2D eigenvalue weighted by Gasteiger charge is -2.27. The Hall–Kier alpha value is -1.55. The Morgan fingerprint density at radius 3 is 2.36 bits per heavy atom. The number of rotatable bonds is 5. The summed E-state index contributed by atoms with van der Waals surface area (Å²) in [6, 6.07) is 7.83. The van der Waals surface area contributed by atoms with Crippen LogP contribution in [0.25, 0.3) is 0 Å². The van der Waals surface area contributed by atoms with Crippen LogP contribution in [0.5, 0.6) is 5.75 Å². The van der Waals surface area contributed by atoms with E-state index in [0.29, 0.717) is 6.61 Å². The van der Waals surface area contributed by atoms with E-state index in [1.807, 2.05) is 24.3 Å². The van der Waals surface area contributed by atoms with Gasteiger partial charge in [-0.25, -0.2) is 0 Å². The third kappa shape index (κ3) is 4.01. The highest BCUT2D eigenvalue weighted by Gasteiger charge is 2.48. The molecule has 0 bridgehead atoms. The third-order valence-corrected chi connectivity index (χ3v) is 4.32. The molecule has 22 heavy (non-hydrogen) atoms. The summed E-state index contributed by atoms with van der Waals surface area (Å²) in [6.07, 6.45) is 1.53. The lowest BCUT2D eigenvalue weighted by molar-refractivity contribution is -0.150. The van der Waals surface area contributed by atoms with Crippen LogP contribution in [-0.2, 0) is 16.0 Å². The van der Waals surface area contributed by atoms with E-state index in [9.17, 15) is 4.79 Å². The molecule has 1 aromatic rings. The summed E-state index contributed by atoms with van der Waals surface area (Å²) in [7, 11) is 1.65. The standard InChI is InChI=1S/C18H27NO3/c1-17(2)12-15(18(3,4)19-17)16(20)22-11-10-13-6-8-14(21-5)9-7-13/h6-9,15,19H,10-12H2,1-5H3. The molecule has 0 spiro atoms. The minimum Gasteiger partial charge on any atom is -0.497 e. The van der Waals surface area contributed by atoms with E-state index in [1.165, 1.54) is 0 Å². The Balaban J connectivity index is 1.85. The summed E-state index contributed by atoms with van der Waals surface area (Å²) < 4.78 is 10.6. The number of ether oxygens (including phenoxy) is 2. The molecule has 1 aromatic carbocycles. The van der Waals surface area contributed by atoms with Crippen LogP contribution in [-0.4, -0.2) is 30.8 Å². The average molecular weight is 305 g/mol. The van der Waals surface area contributed by atoms with Crippen LogP contribution in [0.1, 0.15) is 39.7 Å². The van der Waals surface area contributed by atoms with Crippen molar-refractivity contribution in [2.24, 2.45) is 5.92 Å². The van der Waals surface area contributed by atoms with Gasteiger partial charge in [0.1, 0.15) is 5.75 Å². The van der Waals surface area contributed by atoms with Crippen molar-refractivity contribution in [1.29, 1.82) is 0 Å². The van der Waals surface area contributed by atoms with Crippen LogP contribution in [0.3, 0.4) is 0 Å². The number of methoxy groups -OCH3 is 1. The first-order chi connectivity index (χ1) is 10.2. The number of carbonyl (C=O) groups excluding carboxylic acids is 1. The van der Waals surface area contributed by atoms with Crippen LogP contribution in [0.4, 0.5) is 0 Å². The highest BCUT2D eigenvalue weighted by atomic mass is 16.5. The molecule has 2 rings (SSSR count). The first-order valence-electron chi connectivity index (χ1n) is 7.82. The molecule has 1 unspecified atom stereocenters. The van der Waals surface area contributed by atoms with Crippen molar-refractivity contribution in [3.63, 3.8) is 0 Å². The maximum absolute atomic E-state index is 12.4. The Kier molecular flexibility index (Phi) is 4.81. The van der Waals surface area contributed by atoms with Crippen molar-refractivity contribution in [2.75, 3.05) is 13.7 Å². The van der Waals surface area contributed by atoms with E-state index >= 15 is 0 Å². The molecule has 1 N–H and O–H groups in total. The fourth-order valence-electron chi connectivity index (χ4n) is 3.32. The quantitative estimate of drug-likeness (QED) is 0.850. The molecule has 1 heterocycles. The van der Waals surface area contributed by atoms with Crippen molar-refractivity contribution in [3.8, 4) is 5.75 Å². The molecular formula is C18H27NO3. The Bertz CT molecular complexity index is 520. The fraction of sp³-hybridized carbons (Fsp3) is 0.611. The molecule has 0 amide bonds. The van der Waals surface area contributed by atoms with Gasteiger partial charge in [-0.15, -0.1) is 0 Å². The van der Waals surface area contributed by atoms with E-state index in [2.05, 4.69) is 33.0 Å². The summed E-state index contributed by atoms with van der Waals surface area (Å²) in [5.41, 5.74) is 0.891. The first-order valence-corrected chi connectivity index (χ1v) is 7.82. The normalized spacial score (nSPS) is 22.3. The summed E-state index contributed by atoms with van der Waals surface area (Å²) >= 11 is 0. The van der Waals surface area contributed by atoms with Crippen molar-refractivity contribution in [2.45, 2.75) is 51.6 Å². The molecule has 1 aliphatic rings. The van der Waals surface area contributed by atoms with Gasteiger partial charge in [-0.2, -0.15) is 0 Å². The number of nitrogens with one attached hydrogen (secondary N) is 1. The molecule has 0 saturated carbocycles. The molecule has 0 aromatic heterocycles. The second kappa shape index (κ2) is 6.29. The molecule has 1 saturated heterocycles. The lowest BCUT2D eigenvalue weighted by Crippen LogP contribution is -2.46. The minimum atomic E-state index is -0.222. The first kappa shape index (κ1) is 16.8. The predicted octanol–water partition coefficient (Wildman–Crippen LogP) is 2.95. The molecule has 0 aliphatic carbocycles. The van der Waals surface area contributed by atoms with E-state index < -0.39 is 0 Å². The predicted molar refractivity (Wildman–Crippen MR) is 87.1 cm³/mol. The summed E-state index contributed by atoms with van der Waals surface area (Å²) in [5, 5.41) is 3.51. The number of esters is 1. The SMILES string of the molecule is COc1ccc(CCOC(=O)C2CC(C)(C)NC2(C)C)cc1. The summed E-state index contributed by atoms with van der Waals surface area (Å²) in [4.78, 5) is 12.4. The molecule has 0 radical (unpaired) electrons. The largest absolute Gasteiger partial charge is 0.497 e. The zero-order chi connectivity index (χ0) is 16.4. The number of benzene rings is 1. The maximum Gasteiger partial charge on any atom is 0.310 e.